The molecule has 0 radical (unpaired) electrons. The van der Waals surface area contributed by atoms with Gasteiger partial charge in [-0.15, -0.1) is 0 Å². The summed E-state index contributed by atoms with van der Waals surface area (Å²) in [6.07, 6.45) is 2.12. The molecule has 1 aromatic rings. The van der Waals surface area contributed by atoms with Gasteiger partial charge < -0.3 is 4.74 Å². The van der Waals surface area contributed by atoms with Crippen LogP contribution in [0.15, 0.2) is 27.1 Å². The van der Waals surface area contributed by atoms with Gasteiger partial charge in [0.1, 0.15) is 0 Å². The predicted octanol–water partition coefficient (Wildman–Crippen LogP) is 2.49. The first-order valence-corrected chi connectivity index (χ1v) is 5.05. The van der Waals surface area contributed by atoms with E-state index in [1.165, 1.54) is 6.26 Å². The van der Waals surface area contributed by atoms with E-state index in [1.807, 2.05) is 19.6 Å². The molecule has 2 unspecified atom stereocenters. The van der Waals surface area contributed by atoms with E-state index in [2.05, 4.69) is 0 Å². The van der Waals surface area contributed by atoms with Gasteiger partial charge >= 0.3 is 0 Å². The Morgan fingerprint density at radius 1 is 1.69 bits per heavy atom. The fourth-order valence-electron chi connectivity index (χ4n) is 0.682. The minimum Gasteiger partial charge on any atom is -0.470 e. The highest BCUT2D eigenvalue weighted by Gasteiger charge is 2.17. The van der Waals surface area contributed by atoms with Crippen LogP contribution in [-0.2, 0) is 0 Å². The van der Waals surface area contributed by atoms with Crippen molar-refractivity contribution < 1.29 is 13.7 Å². The molecule has 0 bridgehead atoms. The second kappa shape index (κ2) is 4.40. The average molecular weight is 203 g/mol. The summed E-state index contributed by atoms with van der Waals surface area (Å²) in [6, 6.07) is 1.78. The van der Waals surface area contributed by atoms with Crippen molar-refractivity contribution in [1.29, 1.82) is 0 Å². The van der Waals surface area contributed by atoms with E-state index < -0.39 is 5.72 Å². The van der Waals surface area contributed by atoms with Crippen LogP contribution in [0.4, 0.5) is 0 Å². The Kier molecular flexibility index (Phi) is 3.46. The summed E-state index contributed by atoms with van der Waals surface area (Å²) in [5.74, 6) is 2.40. The zero-order chi connectivity index (χ0) is 9.73. The summed E-state index contributed by atoms with van der Waals surface area (Å²) in [5.41, 5.74) is 5.15. The van der Waals surface area contributed by atoms with Crippen molar-refractivity contribution in [3.8, 4) is 5.75 Å². The van der Waals surface area contributed by atoms with E-state index in [1.54, 1.807) is 6.07 Å². The summed E-state index contributed by atoms with van der Waals surface area (Å²) in [6.45, 7) is 3.77. The van der Waals surface area contributed by atoms with Gasteiger partial charge in [0.25, 0.3) is 0 Å². The number of hydrogen-bond donors (Lipinski definition) is 1. The summed E-state index contributed by atoms with van der Waals surface area (Å²) >= 11 is 0. The Balaban J connectivity index is 2.76. The largest absolute Gasteiger partial charge is 0.470 e. The molecule has 0 aliphatic heterocycles. The number of rotatable bonds is 3. The first-order chi connectivity index (χ1) is 6.14. The molecule has 0 saturated carbocycles. The van der Waals surface area contributed by atoms with Crippen LogP contribution in [0.25, 0.3) is 0 Å². The predicted molar refractivity (Wildman–Crippen MR) is 51.6 cm³/mol. The molecule has 4 nitrogen and oxygen atoms in total. The SMILES string of the molecule is CCC(C)(N)Oc1cc[pH]ooc1. The highest BCUT2D eigenvalue weighted by Crippen LogP contribution is 2.17. The van der Waals surface area contributed by atoms with Crippen LogP contribution < -0.4 is 10.5 Å². The molecule has 0 aromatic carbocycles. The maximum absolute atomic E-state index is 5.81. The first kappa shape index (κ1) is 10.2. The topological polar surface area (TPSA) is 61.5 Å². The monoisotopic (exact) mass is 203 g/mol. The van der Waals surface area contributed by atoms with Crippen molar-refractivity contribution in [3.63, 3.8) is 0 Å². The number of nitrogens with two attached hydrogens (primary N) is 1. The van der Waals surface area contributed by atoms with Crippen molar-refractivity contribution in [2.45, 2.75) is 26.0 Å². The van der Waals surface area contributed by atoms with Gasteiger partial charge in [-0.1, -0.05) is 6.92 Å². The molecule has 74 valence electrons. The number of ether oxygens (including phenoxy) is 1. The van der Waals surface area contributed by atoms with Crippen LogP contribution in [0.1, 0.15) is 20.3 Å². The van der Waals surface area contributed by atoms with Gasteiger partial charge in [0.2, 0.25) is 0 Å². The maximum Gasteiger partial charge on any atom is 0.185 e. The number of hydrogen-bond acceptors (Lipinski definition) is 4. The van der Waals surface area contributed by atoms with Crippen molar-refractivity contribution in [3.05, 3.63) is 18.1 Å². The van der Waals surface area contributed by atoms with Crippen LogP contribution in [0, 0.1) is 0 Å². The minimum atomic E-state index is -0.660. The van der Waals surface area contributed by atoms with E-state index in [9.17, 15) is 0 Å². The first-order valence-electron chi connectivity index (χ1n) is 4.06. The molecule has 1 aromatic heterocycles. The standard InChI is InChI=1S/C8H14NO3P/c1-3-8(2,9)11-7-4-5-13-12-10-6-7/h4-6,13H,3,9H2,1-2H3. The molecule has 2 atom stereocenters. The molecule has 1 heterocycles. The fraction of sp³-hybridized carbons (Fsp3) is 0.500. The van der Waals surface area contributed by atoms with Gasteiger partial charge in [-0.2, -0.15) is 0 Å². The molecule has 1 rings (SSSR count). The fourth-order valence-corrected chi connectivity index (χ4v) is 1.07. The Morgan fingerprint density at radius 3 is 3.15 bits per heavy atom. The quantitative estimate of drug-likeness (QED) is 0.605. The van der Waals surface area contributed by atoms with Crippen LogP contribution in [0.2, 0.25) is 0 Å². The van der Waals surface area contributed by atoms with Gasteiger partial charge in [-0.05, 0) is 25.2 Å². The van der Waals surface area contributed by atoms with Crippen LogP contribution >= 0.6 is 8.43 Å². The highest BCUT2D eigenvalue weighted by molar-refractivity contribution is 7.21. The maximum atomic E-state index is 5.81. The second-order valence-corrected chi connectivity index (χ2v) is 3.65. The molecular formula is C8H14NO3P. The van der Waals surface area contributed by atoms with Gasteiger partial charge in [0.15, 0.2) is 17.7 Å². The van der Waals surface area contributed by atoms with E-state index in [-0.39, 0.29) is 8.43 Å². The highest BCUT2D eigenvalue weighted by atomic mass is 31.1. The van der Waals surface area contributed by atoms with Crippen LogP contribution in [-0.4, -0.2) is 5.72 Å². The Labute approximate surface area is 78.5 Å². The Hall–Kier alpha value is -0.860. The third-order valence-corrected chi connectivity index (χ3v) is 2.12. The van der Waals surface area contributed by atoms with Crippen molar-refractivity contribution in [2.75, 3.05) is 0 Å². The van der Waals surface area contributed by atoms with Gasteiger partial charge in [-0.25, -0.2) is 0 Å². The molecule has 0 amide bonds. The third kappa shape index (κ3) is 3.57. The lowest BCUT2D eigenvalue weighted by molar-refractivity contribution is 0.0682. The van der Waals surface area contributed by atoms with Crippen molar-refractivity contribution in [2.24, 2.45) is 5.73 Å². The lowest BCUT2D eigenvalue weighted by atomic mass is 10.2. The smallest absolute Gasteiger partial charge is 0.185 e. The molecule has 0 fully saturated rings. The third-order valence-electron chi connectivity index (χ3n) is 1.63. The minimum absolute atomic E-state index is 0.192. The summed E-state index contributed by atoms with van der Waals surface area (Å²) < 4.78 is 14.9. The van der Waals surface area contributed by atoms with Gasteiger partial charge in [0.05, 0.1) is 8.43 Å². The van der Waals surface area contributed by atoms with Crippen molar-refractivity contribution >= 4 is 8.43 Å². The lowest BCUT2D eigenvalue weighted by Crippen LogP contribution is -2.41. The molecule has 13 heavy (non-hydrogen) atoms. The summed E-state index contributed by atoms with van der Waals surface area (Å²) in [4.78, 5) is 0. The summed E-state index contributed by atoms with van der Waals surface area (Å²) in [5, 5.41) is 0. The zero-order valence-corrected chi connectivity index (χ0v) is 8.74. The van der Waals surface area contributed by atoms with E-state index in [0.29, 0.717) is 5.75 Å². The van der Waals surface area contributed by atoms with Gasteiger partial charge in [0, 0.05) is 0 Å². The molecule has 5 heteroatoms. The van der Waals surface area contributed by atoms with Crippen LogP contribution in [0.5, 0.6) is 5.75 Å². The molecule has 0 spiro atoms. The Morgan fingerprint density at radius 2 is 2.46 bits per heavy atom. The second-order valence-electron chi connectivity index (χ2n) is 2.92. The average Bonchev–Trinajstić information content (AvgIpc) is 2.32. The molecule has 0 aliphatic rings. The van der Waals surface area contributed by atoms with Gasteiger partial charge in [-0.3, -0.25) is 14.7 Å². The lowest BCUT2D eigenvalue weighted by Gasteiger charge is -2.23. The zero-order valence-electron chi connectivity index (χ0n) is 7.74. The Bertz CT molecular complexity index is 267. The molecular weight excluding hydrogens is 189 g/mol. The molecule has 0 aliphatic carbocycles. The van der Waals surface area contributed by atoms with Crippen LogP contribution in [0.3, 0.4) is 0 Å². The van der Waals surface area contributed by atoms with E-state index in [0.717, 1.165) is 6.42 Å². The van der Waals surface area contributed by atoms with Crippen molar-refractivity contribution in [1.82, 2.24) is 0 Å². The molecule has 2 N–H and O–H groups in total. The normalized spacial score (nSPS) is 15.3. The van der Waals surface area contributed by atoms with E-state index in [4.69, 9.17) is 19.4 Å². The van der Waals surface area contributed by atoms with E-state index >= 15 is 0 Å². The summed E-state index contributed by atoms with van der Waals surface area (Å²) in [7, 11) is 0.192. The molecule has 0 saturated heterocycles.